The molecule has 0 fully saturated rings. The summed E-state index contributed by atoms with van der Waals surface area (Å²) in [5, 5.41) is 10.2. The maximum absolute atomic E-state index is 12.3. The zero-order valence-electron chi connectivity index (χ0n) is 13.4. The topological polar surface area (TPSA) is 176 Å². The summed E-state index contributed by atoms with van der Waals surface area (Å²) in [7, 11) is -7.99. The number of hydrogen-bond acceptors (Lipinski definition) is 7. The molecule has 2 aromatic rings. The average Bonchev–Trinajstić information content (AvgIpc) is 3.05. The third-order valence-electron chi connectivity index (χ3n) is 2.90. The lowest BCUT2D eigenvalue weighted by Gasteiger charge is -2.10. The van der Waals surface area contributed by atoms with Crippen molar-refractivity contribution in [2.45, 2.75) is 4.90 Å². The molecule has 1 heterocycles. The molecule has 1 aromatic heterocycles. The van der Waals surface area contributed by atoms with Gasteiger partial charge in [-0.05, 0) is 35.5 Å². The zero-order valence-corrected chi connectivity index (χ0v) is 15.0. The first-order valence-corrected chi connectivity index (χ1v) is 10.2. The van der Waals surface area contributed by atoms with E-state index in [-0.39, 0.29) is 10.5 Å². The summed E-state index contributed by atoms with van der Waals surface area (Å²) in [5.41, 5.74) is 5.61. The Labute approximate surface area is 149 Å². The minimum Gasteiger partial charge on any atom is -0.367 e. The van der Waals surface area contributed by atoms with E-state index in [9.17, 15) is 21.6 Å². The lowest BCUT2D eigenvalue weighted by Crippen LogP contribution is -2.37. The van der Waals surface area contributed by atoms with Crippen LogP contribution in [0.15, 0.2) is 52.8 Å². The number of carbonyl (C=O) groups excluding carboxylic acids is 1. The van der Waals surface area contributed by atoms with Gasteiger partial charge < -0.3 is 10.3 Å². The third kappa shape index (κ3) is 5.30. The predicted molar refractivity (Wildman–Crippen MR) is 92.2 cm³/mol. The Balaban J connectivity index is 2.39. The molecule has 5 N–H and O–H groups in total. The number of nitrogens with one attached hydrogen (secondary N) is 1. The second-order valence-corrected chi connectivity index (χ2v) is 8.18. The fraction of sp³-hybridized carbons (Fsp3) is 0.0769. The maximum atomic E-state index is 12.3. The SMILES string of the molecule is CS(=O)(=O)ON=C(N)NC(=O)c1cc(-n2cccc2)cc(S(N)(=O)=O)c1. The molecule has 140 valence electrons. The molecule has 0 saturated carbocycles. The van der Waals surface area contributed by atoms with Gasteiger partial charge in [0.05, 0.1) is 11.2 Å². The fourth-order valence-corrected chi connectivity index (χ4v) is 2.65. The smallest absolute Gasteiger partial charge is 0.325 e. The lowest BCUT2D eigenvalue weighted by atomic mass is 10.2. The highest BCUT2D eigenvalue weighted by atomic mass is 32.2. The molecule has 0 saturated heterocycles. The monoisotopic (exact) mass is 401 g/mol. The molecule has 1 aromatic carbocycles. The van der Waals surface area contributed by atoms with Gasteiger partial charge >= 0.3 is 10.1 Å². The molecule has 11 nitrogen and oxygen atoms in total. The van der Waals surface area contributed by atoms with Gasteiger partial charge in [0.25, 0.3) is 5.91 Å². The van der Waals surface area contributed by atoms with E-state index in [1.165, 1.54) is 12.1 Å². The van der Waals surface area contributed by atoms with Crippen LogP contribution in [0, 0.1) is 0 Å². The van der Waals surface area contributed by atoms with Gasteiger partial charge in [0.15, 0.2) is 0 Å². The lowest BCUT2D eigenvalue weighted by molar-refractivity contribution is 0.0975. The number of primary sulfonamides is 1. The number of rotatable bonds is 5. The summed E-state index contributed by atoms with van der Waals surface area (Å²) in [6.07, 6.45) is 4.02. The molecule has 0 aliphatic carbocycles. The van der Waals surface area contributed by atoms with Crippen molar-refractivity contribution < 1.29 is 25.9 Å². The highest BCUT2D eigenvalue weighted by Crippen LogP contribution is 2.18. The number of aromatic nitrogens is 1. The van der Waals surface area contributed by atoms with E-state index in [1.807, 2.05) is 0 Å². The molecule has 1 amide bonds. The number of guanidine groups is 1. The molecule has 13 heteroatoms. The van der Waals surface area contributed by atoms with Gasteiger partial charge in [-0.25, -0.2) is 13.6 Å². The first-order chi connectivity index (χ1) is 12.0. The summed E-state index contributed by atoms with van der Waals surface area (Å²) in [5.74, 6) is -1.48. The highest BCUT2D eigenvalue weighted by Gasteiger charge is 2.16. The van der Waals surface area contributed by atoms with Crippen molar-refractivity contribution in [2.24, 2.45) is 16.0 Å². The maximum Gasteiger partial charge on any atom is 0.325 e. The molecule has 0 atom stereocenters. The first kappa shape index (κ1) is 19.4. The van der Waals surface area contributed by atoms with E-state index >= 15 is 0 Å². The Bertz CT molecular complexity index is 1060. The number of nitrogens with two attached hydrogens (primary N) is 2. The van der Waals surface area contributed by atoms with Crippen LogP contribution in [0.4, 0.5) is 0 Å². The summed E-state index contributed by atoms with van der Waals surface area (Å²) in [6, 6.07) is 7.13. The Kier molecular flexibility index (Phi) is 5.34. The normalized spacial score (nSPS) is 12.6. The van der Waals surface area contributed by atoms with Crippen LogP contribution < -0.4 is 16.2 Å². The number of nitrogens with zero attached hydrogens (tertiary/aromatic N) is 2. The molecule has 0 spiro atoms. The minimum absolute atomic E-state index is 0.0993. The van der Waals surface area contributed by atoms with Gasteiger partial charge in [-0.1, -0.05) is 0 Å². The van der Waals surface area contributed by atoms with Crippen LogP contribution in [-0.2, 0) is 24.4 Å². The molecule has 0 aliphatic rings. The molecule has 26 heavy (non-hydrogen) atoms. The van der Waals surface area contributed by atoms with Crippen LogP contribution in [0.5, 0.6) is 0 Å². The first-order valence-electron chi connectivity index (χ1n) is 6.80. The zero-order chi connectivity index (χ0) is 19.5. The Hall–Kier alpha value is -2.90. The molecule has 0 aliphatic heterocycles. The predicted octanol–water partition coefficient (Wildman–Crippen LogP) is -0.940. The number of benzene rings is 1. The van der Waals surface area contributed by atoms with Crippen molar-refractivity contribution in [1.82, 2.24) is 9.88 Å². The Morgan fingerprint density at radius 1 is 1.15 bits per heavy atom. The summed E-state index contributed by atoms with van der Waals surface area (Å²) >= 11 is 0. The average molecular weight is 401 g/mol. The summed E-state index contributed by atoms with van der Waals surface area (Å²) in [4.78, 5) is 12.0. The summed E-state index contributed by atoms with van der Waals surface area (Å²) in [6.45, 7) is 0. The van der Waals surface area contributed by atoms with Gasteiger partial charge in [-0.15, -0.1) is 0 Å². The van der Waals surface area contributed by atoms with Crippen molar-refractivity contribution in [3.05, 3.63) is 48.3 Å². The van der Waals surface area contributed by atoms with Crippen LogP contribution in [-0.4, -0.2) is 39.5 Å². The number of amides is 1. The van der Waals surface area contributed by atoms with Crippen molar-refractivity contribution in [2.75, 3.05) is 6.26 Å². The van der Waals surface area contributed by atoms with Gasteiger partial charge in [0.1, 0.15) is 0 Å². The van der Waals surface area contributed by atoms with E-state index in [4.69, 9.17) is 10.9 Å². The van der Waals surface area contributed by atoms with E-state index in [0.717, 1.165) is 12.3 Å². The van der Waals surface area contributed by atoms with E-state index in [0.29, 0.717) is 5.69 Å². The molecule has 0 radical (unpaired) electrons. The quantitative estimate of drug-likeness (QED) is 0.329. The minimum atomic E-state index is -4.09. The molecular weight excluding hydrogens is 386 g/mol. The van der Waals surface area contributed by atoms with E-state index in [2.05, 4.69) is 14.8 Å². The molecule has 0 unspecified atom stereocenters. The number of hydrogen-bond donors (Lipinski definition) is 3. The number of carbonyl (C=O) groups is 1. The van der Waals surface area contributed by atoms with Crippen LogP contribution in [0.3, 0.4) is 0 Å². The largest absolute Gasteiger partial charge is 0.367 e. The number of oxime groups is 1. The molecule has 0 bridgehead atoms. The molecular formula is C13H15N5O6S2. The van der Waals surface area contributed by atoms with Crippen molar-refractivity contribution in [3.8, 4) is 5.69 Å². The molecule has 2 rings (SSSR count). The van der Waals surface area contributed by atoms with Gasteiger partial charge in [-0.3, -0.25) is 14.4 Å². The van der Waals surface area contributed by atoms with Crippen LogP contribution in [0.2, 0.25) is 0 Å². The van der Waals surface area contributed by atoms with Crippen molar-refractivity contribution in [1.29, 1.82) is 0 Å². The fourth-order valence-electron chi connectivity index (χ4n) is 1.85. The van der Waals surface area contributed by atoms with Gasteiger partial charge in [-0.2, -0.15) is 8.42 Å². The second kappa shape index (κ2) is 7.15. The number of sulfonamides is 1. The Morgan fingerprint density at radius 3 is 2.31 bits per heavy atom. The van der Waals surface area contributed by atoms with E-state index < -0.39 is 32.0 Å². The Morgan fingerprint density at radius 2 is 1.77 bits per heavy atom. The van der Waals surface area contributed by atoms with Crippen LogP contribution in [0.1, 0.15) is 10.4 Å². The highest BCUT2D eigenvalue weighted by molar-refractivity contribution is 7.89. The standard InChI is InChI=1S/C13H15N5O6S2/c1-25(20,21)24-17-13(14)16-12(19)9-6-10(18-4-2-3-5-18)8-11(7-9)26(15,22)23/h2-8H,1H3,(H2,15,22,23)(H3,14,16,17,19). The second-order valence-electron chi connectivity index (χ2n) is 5.06. The van der Waals surface area contributed by atoms with Crippen LogP contribution in [0.25, 0.3) is 5.69 Å². The van der Waals surface area contributed by atoms with E-state index in [1.54, 1.807) is 29.1 Å². The third-order valence-corrected chi connectivity index (χ3v) is 4.14. The van der Waals surface area contributed by atoms with Crippen molar-refractivity contribution >= 4 is 32.0 Å². The summed E-state index contributed by atoms with van der Waals surface area (Å²) < 4.78 is 50.7. The van der Waals surface area contributed by atoms with Crippen molar-refractivity contribution in [3.63, 3.8) is 0 Å². The van der Waals surface area contributed by atoms with Crippen LogP contribution >= 0.6 is 0 Å². The van der Waals surface area contributed by atoms with Gasteiger partial charge in [0, 0.05) is 23.6 Å². The van der Waals surface area contributed by atoms with Gasteiger partial charge in [0.2, 0.25) is 16.0 Å².